The highest BCUT2D eigenvalue weighted by molar-refractivity contribution is 6.32. The lowest BCUT2D eigenvalue weighted by molar-refractivity contribution is 0.125. The van der Waals surface area contributed by atoms with E-state index in [4.69, 9.17) is 21.6 Å². The van der Waals surface area contributed by atoms with Crippen molar-refractivity contribution in [2.24, 2.45) is 0 Å². The van der Waals surface area contributed by atoms with Gasteiger partial charge in [0.05, 0.1) is 35.9 Å². The van der Waals surface area contributed by atoms with Crippen molar-refractivity contribution in [1.82, 2.24) is 0 Å². The molecule has 2 N–H and O–H groups in total. The number of nitrogens with zero attached hydrogens (tertiary/aromatic N) is 1. The van der Waals surface area contributed by atoms with Gasteiger partial charge in [-0.25, -0.2) is 0 Å². The van der Waals surface area contributed by atoms with Gasteiger partial charge in [0, 0.05) is 5.69 Å². The van der Waals surface area contributed by atoms with E-state index >= 15 is 0 Å². The summed E-state index contributed by atoms with van der Waals surface area (Å²) in [5.74, 6) is 0. The van der Waals surface area contributed by atoms with E-state index in [2.05, 4.69) is 5.32 Å². The van der Waals surface area contributed by atoms with E-state index in [0.29, 0.717) is 23.8 Å². The van der Waals surface area contributed by atoms with E-state index in [1.165, 1.54) is 0 Å². The SMILES string of the molecule is Cc1c(N[C@H]2COC[C@@H]2O)ccc(C#N)c1Cl. The number of aliphatic hydroxyl groups excluding tert-OH is 1. The molecule has 17 heavy (non-hydrogen) atoms. The summed E-state index contributed by atoms with van der Waals surface area (Å²) in [6.07, 6.45) is -0.510. The van der Waals surface area contributed by atoms with Gasteiger partial charge in [-0.1, -0.05) is 11.6 Å². The normalized spacial score (nSPS) is 23.4. The van der Waals surface area contributed by atoms with Crippen molar-refractivity contribution in [2.45, 2.75) is 19.1 Å². The fourth-order valence-electron chi connectivity index (χ4n) is 1.81. The van der Waals surface area contributed by atoms with Gasteiger partial charge in [-0.2, -0.15) is 5.26 Å². The van der Waals surface area contributed by atoms with Crippen LogP contribution in [0.3, 0.4) is 0 Å². The summed E-state index contributed by atoms with van der Waals surface area (Å²) in [4.78, 5) is 0. The van der Waals surface area contributed by atoms with Crippen LogP contribution in [0.4, 0.5) is 5.69 Å². The summed E-state index contributed by atoms with van der Waals surface area (Å²) in [5, 5.41) is 22.1. The Morgan fingerprint density at radius 3 is 2.88 bits per heavy atom. The number of nitrogens with one attached hydrogen (secondary N) is 1. The molecule has 0 unspecified atom stereocenters. The molecule has 0 aromatic heterocycles. The van der Waals surface area contributed by atoms with Crippen molar-refractivity contribution in [3.8, 4) is 6.07 Å². The Bertz CT molecular complexity index is 470. The van der Waals surface area contributed by atoms with Crippen LogP contribution >= 0.6 is 11.6 Å². The first-order valence-corrected chi connectivity index (χ1v) is 5.73. The molecule has 1 aliphatic heterocycles. The molecule has 0 saturated carbocycles. The first-order chi connectivity index (χ1) is 8.13. The molecule has 0 spiro atoms. The van der Waals surface area contributed by atoms with Crippen LogP contribution < -0.4 is 5.32 Å². The van der Waals surface area contributed by atoms with Gasteiger partial charge in [-0.15, -0.1) is 0 Å². The molecule has 1 saturated heterocycles. The van der Waals surface area contributed by atoms with Crippen molar-refractivity contribution in [2.75, 3.05) is 18.5 Å². The quantitative estimate of drug-likeness (QED) is 0.841. The Morgan fingerprint density at radius 2 is 2.29 bits per heavy atom. The molecule has 1 aromatic rings. The summed E-state index contributed by atoms with van der Waals surface area (Å²) in [7, 11) is 0. The topological polar surface area (TPSA) is 65.3 Å². The van der Waals surface area contributed by atoms with Crippen molar-refractivity contribution in [3.63, 3.8) is 0 Å². The van der Waals surface area contributed by atoms with E-state index < -0.39 is 6.10 Å². The third-order valence-corrected chi connectivity index (χ3v) is 3.39. The molecule has 0 bridgehead atoms. The number of rotatable bonds is 2. The van der Waals surface area contributed by atoms with E-state index in [1.807, 2.05) is 13.0 Å². The van der Waals surface area contributed by atoms with Crippen LogP contribution in [0.2, 0.25) is 5.02 Å². The summed E-state index contributed by atoms with van der Waals surface area (Å²) < 4.78 is 5.16. The molecule has 90 valence electrons. The standard InChI is InChI=1S/C12H13ClN2O2/c1-7-9(3-2-8(4-14)12(7)13)15-10-5-17-6-11(10)16/h2-3,10-11,15-16H,5-6H2,1H3/t10-,11-/m0/s1. The first-order valence-electron chi connectivity index (χ1n) is 5.35. The van der Waals surface area contributed by atoms with E-state index in [9.17, 15) is 5.11 Å². The number of ether oxygens (including phenoxy) is 1. The Labute approximate surface area is 105 Å². The Kier molecular flexibility index (Phi) is 3.53. The molecule has 0 amide bonds. The van der Waals surface area contributed by atoms with Gasteiger partial charge in [0.1, 0.15) is 6.07 Å². The highest BCUT2D eigenvalue weighted by Gasteiger charge is 2.26. The maximum atomic E-state index is 9.64. The summed E-state index contributed by atoms with van der Waals surface area (Å²) in [5.41, 5.74) is 2.09. The second-order valence-corrected chi connectivity index (χ2v) is 4.45. The fraction of sp³-hybridized carbons (Fsp3) is 0.417. The summed E-state index contributed by atoms with van der Waals surface area (Å²) >= 11 is 6.06. The van der Waals surface area contributed by atoms with Crippen LogP contribution in [0.15, 0.2) is 12.1 Å². The molecule has 0 aliphatic carbocycles. The monoisotopic (exact) mass is 252 g/mol. The number of aliphatic hydroxyl groups is 1. The number of nitriles is 1. The zero-order chi connectivity index (χ0) is 12.4. The minimum atomic E-state index is -0.510. The largest absolute Gasteiger partial charge is 0.388 e. The van der Waals surface area contributed by atoms with Crippen molar-refractivity contribution >= 4 is 17.3 Å². The fourth-order valence-corrected chi connectivity index (χ4v) is 2.02. The van der Waals surface area contributed by atoms with Gasteiger partial charge in [-0.3, -0.25) is 0 Å². The minimum absolute atomic E-state index is 0.127. The smallest absolute Gasteiger partial charge is 0.101 e. The van der Waals surface area contributed by atoms with Gasteiger partial charge in [0.15, 0.2) is 0 Å². The average Bonchev–Trinajstić information content (AvgIpc) is 2.71. The van der Waals surface area contributed by atoms with E-state index in [-0.39, 0.29) is 6.04 Å². The molecular formula is C12H13ClN2O2. The predicted octanol–water partition coefficient (Wildman–Crippen LogP) is 1.69. The maximum absolute atomic E-state index is 9.64. The lowest BCUT2D eigenvalue weighted by Crippen LogP contribution is -2.32. The predicted molar refractivity (Wildman–Crippen MR) is 65.1 cm³/mol. The van der Waals surface area contributed by atoms with Crippen LogP contribution in [0.1, 0.15) is 11.1 Å². The van der Waals surface area contributed by atoms with Gasteiger partial charge in [0.2, 0.25) is 0 Å². The molecule has 4 nitrogen and oxygen atoms in total. The highest BCUT2D eigenvalue weighted by atomic mass is 35.5. The van der Waals surface area contributed by atoms with Crippen LogP contribution in [0.25, 0.3) is 0 Å². The van der Waals surface area contributed by atoms with Gasteiger partial charge < -0.3 is 15.2 Å². The maximum Gasteiger partial charge on any atom is 0.101 e. The van der Waals surface area contributed by atoms with Crippen LogP contribution in [0.5, 0.6) is 0 Å². The molecular weight excluding hydrogens is 240 g/mol. The average molecular weight is 253 g/mol. The number of hydrogen-bond donors (Lipinski definition) is 2. The molecule has 0 radical (unpaired) electrons. The molecule has 1 heterocycles. The number of benzene rings is 1. The van der Waals surface area contributed by atoms with Crippen LogP contribution in [-0.4, -0.2) is 30.5 Å². The van der Waals surface area contributed by atoms with E-state index in [0.717, 1.165) is 11.3 Å². The minimum Gasteiger partial charge on any atom is -0.388 e. The molecule has 1 fully saturated rings. The van der Waals surface area contributed by atoms with Crippen LogP contribution in [-0.2, 0) is 4.74 Å². The second kappa shape index (κ2) is 4.92. The molecule has 5 heteroatoms. The summed E-state index contributed by atoms with van der Waals surface area (Å²) in [6.45, 7) is 2.66. The second-order valence-electron chi connectivity index (χ2n) is 4.07. The Morgan fingerprint density at radius 1 is 1.53 bits per heavy atom. The Balaban J connectivity index is 2.22. The Hall–Kier alpha value is -1.28. The van der Waals surface area contributed by atoms with Gasteiger partial charge >= 0.3 is 0 Å². The molecule has 2 atom stereocenters. The van der Waals surface area contributed by atoms with E-state index in [1.54, 1.807) is 12.1 Å². The highest BCUT2D eigenvalue weighted by Crippen LogP contribution is 2.28. The molecule has 1 aromatic carbocycles. The number of anilines is 1. The first kappa shape index (κ1) is 12.2. The third-order valence-electron chi connectivity index (χ3n) is 2.90. The van der Waals surface area contributed by atoms with Crippen molar-refractivity contribution < 1.29 is 9.84 Å². The zero-order valence-electron chi connectivity index (χ0n) is 9.40. The molecule has 1 aliphatic rings. The van der Waals surface area contributed by atoms with Gasteiger partial charge in [-0.05, 0) is 24.6 Å². The number of hydrogen-bond acceptors (Lipinski definition) is 4. The third kappa shape index (κ3) is 2.37. The molecule has 2 rings (SSSR count). The van der Waals surface area contributed by atoms with Crippen LogP contribution in [0, 0.1) is 18.3 Å². The lowest BCUT2D eigenvalue weighted by atomic mass is 10.1. The summed E-state index contributed by atoms with van der Waals surface area (Å²) in [6, 6.07) is 5.37. The van der Waals surface area contributed by atoms with Crippen molar-refractivity contribution in [3.05, 3.63) is 28.3 Å². The van der Waals surface area contributed by atoms with Crippen molar-refractivity contribution in [1.29, 1.82) is 5.26 Å². The lowest BCUT2D eigenvalue weighted by Gasteiger charge is -2.18. The number of halogens is 1. The van der Waals surface area contributed by atoms with Gasteiger partial charge in [0.25, 0.3) is 0 Å². The zero-order valence-corrected chi connectivity index (χ0v) is 10.2.